The van der Waals surface area contributed by atoms with Crippen LogP contribution in [0.4, 0.5) is 10.1 Å². The second-order valence-electron chi connectivity index (χ2n) is 5.13. The zero-order chi connectivity index (χ0) is 17.0. The number of benzene rings is 2. The van der Waals surface area contributed by atoms with Crippen molar-refractivity contribution in [3.8, 4) is 0 Å². The van der Waals surface area contributed by atoms with E-state index in [1.807, 2.05) is 26.0 Å². The minimum Gasteiger partial charge on any atom is -0.325 e. The molecule has 0 bridgehead atoms. The number of hydrogen-bond acceptors (Lipinski definition) is 3. The molecular weight excluding hydrogens is 319 g/mol. The van der Waals surface area contributed by atoms with Crippen LogP contribution in [0.2, 0.25) is 0 Å². The molecule has 122 valence electrons. The normalized spacial score (nSPS) is 11.3. The lowest BCUT2D eigenvalue weighted by atomic mass is 10.1. The highest BCUT2D eigenvalue weighted by Crippen LogP contribution is 2.14. The van der Waals surface area contributed by atoms with Crippen molar-refractivity contribution in [2.45, 2.75) is 18.7 Å². The zero-order valence-corrected chi connectivity index (χ0v) is 13.6. The molecule has 0 aliphatic rings. The fraction of sp³-hybridized carbons (Fsp3) is 0.188. The number of hydrogen-bond donors (Lipinski definition) is 2. The van der Waals surface area contributed by atoms with Gasteiger partial charge in [-0.25, -0.2) is 17.5 Å². The van der Waals surface area contributed by atoms with E-state index in [0.29, 0.717) is 5.69 Å². The number of rotatable bonds is 5. The molecule has 0 radical (unpaired) electrons. The maximum atomic E-state index is 12.8. The third kappa shape index (κ3) is 4.61. The lowest BCUT2D eigenvalue weighted by Gasteiger charge is -2.09. The van der Waals surface area contributed by atoms with Gasteiger partial charge in [-0.1, -0.05) is 6.07 Å². The van der Waals surface area contributed by atoms with Crippen molar-refractivity contribution >= 4 is 21.6 Å². The monoisotopic (exact) mass is 336 g/mol. The molecule has 0 saturated heterocycles. The Morgan fingerprint density at radius 1 is 1.04 bits per heavy atom. The third-order valence-corrected chi connectivity index (χ3v) is 4.75. The van der Waals surface area contributed by atoms with Gasteiger partial charge >= 0.3 is 0 Å². The minimum atomic E-state index is -3.86. The maximum absolute atomic E-state index is 12.8. The zero-order valence-electron chi connectivity index (χ0n) is 12.8. The van der Waals surface area contributed by atoms with E-state index in [0.717, 1.165) is 35.4 Å². The van der Waals surface area contributed by atoms with Gasteiger partial charge in [0.15, 0.2) is 0 Å². The molecule has 1 amide bonds. The first kappa shape index (κ1) is 17.1. The molecule has 0 aromatic heterocycles. The highest BCUT2D eigenvalue weighted by molar-refractivity contribution is 7.89. The predicted molar refractivity (Wildman–Crippen MR) is 86.1 cm³/mol. The molecule has 2 aromatic carbocycles. The van der Waals surface area contributed by atoms with Crippen molar-refractivity contribution in [1.29, 1.82) is 0 Å². The molecule has 0 unspecified atom stereocenters. The molecule has 2 rings (SSSR count). The summed E-state index contributed by atoms with van der Waals surface area (Å²) in [5.74, 6) is -1.02. The van der Waals surface area contributed by atoms with Gasteiger partial charge < -0.3 is 5.32 Å². The summed E-state index contributed by atoms with van der Waals surface area (Å²) in [6.07, 6.45) is 0. The van der Waals surface area contributed by atoms with Gasteiger partial charge in [-0.3, -0.25) is 4.79 Å². The number of anilines is 1. The van der Waals surface area contributed by atoms with E-state index in [1.54, 1.807) is 6.07 Å². The first-order valence-electron chi connectivity index (χ1n) is 6.90. The van der Waals surface area contributed by atoms with Crippen LogP contribution in [0.25, 0.3) is 0 Å². The van der Waals surface area contributed by atoms with Crippen molar-refractivity contribution in [3.63, 3.8) is 0 Å². The fourth-order valence-corrected chi connectivity index (χ4v) is 2.86. The second kappa shape index (κ2) is 6.89. The van der Waals surface area contributed by atoms with Crippen LogP contribution in [0.3, 0.4) is 0 Å². The average Bonchev–Trinajstić information content (AvgIpc) is 2.50. The molecule has 0 fully saturated rings. The average molecular weight is 336 g/mol. The summed E-state index contributed by atoms with van der Waals surface area (Å²) >= 11 is 0. The van der Waals surface area contributed by atoms with Gasteiger partial charge in [0.25, 0.3) is 0 Å². The molecule has 0 aliphatic carbocycles. The summed E-state index contributed by atoms with van der Waals surface area (Å²) in [6.45, 7) is 3.46. The van der Waals surface area contributed by atoms with Crippen molar-refractivity contribution < 1.29 is 17.6 Å². The standard InChI is InChI=1S/C16H17FN2O3S/c1-11-3-6-14(9-12(11)2)19-16(20)10-18-23(21,22)15-7-4-13(17)5-8-15/h3-9,18H,10H2,1-2H3,(H,19,20). The molecule has 0 spiro atoms. The van der Waals surface area contributed by atoms with E-state index in [2.05, 4.69) is 10.0 Å². The summed E-state index contributed by atoms with van der Waals surface area (Å²) < 4.78 is 39.0. The van der Waals surface area contributed by atoms with Crippen LogP contribution < -0.4 is 10.0 Å². The van der Waals surface area contributed by atoms with Gasteiger partial charge in [0.2, 0.25) is 15.9 Å². The van der Waals surface area contributed by atoms with Crippen molar-refractivity contribution in [2.24, 2.45) is 0 Å². The van der Waals surface area contributed by atoms with Crippen LogP contribution in [0.1, 0.15) is 11.1 Å². The summed E-state index contributed by atoms with van der Waals surface area (Å²) in [7, 11) is -3.86. The number of nitrogens with one attached hydrogen (secondary N) is 2. The van der Waals surface area contributed by atoms with Crippen LogP contribution in [0.5, 0.6) is 0 Å². The summed E-state index contributed by atoms with van der Waals surface area (Å²) in [6, 6.07) is 9.79. The summed E-state index contributed by atoms with van der Waals surface area (Å²) in [4.78, 5) is 11.7. The number of aryl methyl sites for hydroxylation is 2. The highest BCUT2D eigenvalue weighted by Gasteiger charge is 2.15. The minimum absolute atomic E-state index is 0.0992. The van der Waals surface area contributed by atoms with Crippen LogP contribution in [0, 0.1) is 19.7 Å². The smallest absolute Gasteiger partial charge is 0.241 e. The Labute approximate surface area is 134 Å². The largest absolute Gasteiger partial charge is 0.325 e. The molecule has 23 heavy (non-hydrogen) atoms. The SMILES string of the molecule is Cc1ccc(NC(=O)CNS(=O)(=O)c2ccc(F)cc2)cc1C. The number of amides is 1. The number of sulfonamides is 1. The van der Waals surface area contributed by atoms with Crippen LogP contribution in [-0.4, -0.2) is 20.9 Å². The lowest BCUT2D eigenvalue weighted by Crippen LogP contribution is -2.32. The molecule has 5 nitrogen and oxygen atoms in total. The number of carbonyl (C=O) groups is 1. The third-order valence-electron chi connectivity index (χ3n) is 3.34. The quantitative estimate of drug-likeness (QED) is 0.880. The number of carbonyl (C=O) groups excluding carboxylic acids is 1. The van der Waals surface area contributed by atoms with E-state index < -0.39 is 28.3 Å². The van der Waals surface area contributed by atoms with Crippen molar-refractivity contribution in [3.05, 3.63) is 59.4 Å². The molecule has 2 aromatic rings. The van der Waals surface area contributed by atoms with Crippen LogP contribution in [-0.2, 0) is 14.8 Å². The Bertz CT molecular complexity index is 818. The van der Waals surface area contributed by atoms with Crippen molar-refractivity contribution in [2.75, 3.05) is 11.9 Å². The molecule has 0 atom stereocenters. The van der Waals surface area contributed by atoms with Gasteiger partial charge in [-0.2, -0.15) is 0 Å². The van der Waals surface area contributed by atoms with Gasteiger partial charge in [0, 0.05) is 5.69 Å². The Morgan fingerprint density at radius 2 is 1.70 bits per heavy atom. The van der Waals surface area contributed by atoms with Gasteiger partial charge in [0.1, 0.15) is 5.82 Å². The fourth-order valence-electron chi connectivity index (χ4n) is 1.88. The maximum Gasteiger partial charge on any atom is 0.241 e. The van der Waals surface area contributed by atoms with Gasteiger partial charge in [-0.15, -0.1) is 0 Å². The van der Waals surface area contributed by atoms with Crippen molar-refractivity contribution in [1.82, 2.24) is 4.72 Å². The first-order valence-corrected chi connectivity index (χ1v) is 8.38. The summed E-state index contributed by atoms with van der Waals surface area (Å²) in [5.41, 5.74) is 2.72. The first-order chi connectivity index (χ1) is 10.8. The molecule has 0 aliphatic heterocycles. The predicted octanol–water partition coefficient (Wildman–Crippen LogP) is 2.36. The van der Waals surface area contributed by atoms with E-state index in [1.165, 1.54) is 0 Å². The molecule has 0 saturated carbocycles. The Hall–Kier alpha value is -2.25. The van der Waals surface area contributed by atoms with E-state index in [4.69, 9.17) is 0 Å². The topological polar surface area (TPSA) is 75.3 Å². The summed E-state index contributed by atoms with van der Waals surface area (Å²) in [5, 5.41) is 2.62. The lowest BCUT2D eigenvalue weighted by molar-refractivity contribution is -0.115. The van der Waals surface area contributed by atoms with E-state index in [-0.39, 0.29) is 4.90 Å². The van der Waals surface area contributed by atoms with Gasteiger partial charge in [-0.05, 0) is 61.4 Å². The Kier molecular flexibility index (Phi) is 5.12. The Morgan fingerprint density at radius 3 is 2.30 bits per heavy atom. The van der Waals surface area contributed by atoms with E-state index >= 15 is 0 Å². The molecular formula is C16H17FN2O3S. The highest BCUT2D eigenvalue weighted by atomic mass is 32.2. The van der Waals surface area contributed by atoms with Crippen LogP contribution >= 0.6 is 0 Å². The molecule has 7 heteroatoms. The van der Waals surface area contributed by atoms with E-state index in [9.17, 15) is 17.6 Å². The van der Waals surface area contributed by atoms with Crippen LogP contribution in [0.15, 0.2) is 47.4 Å². The van der Waals surface area contributed by atoms with Gasteiger partial charge in [0.05, 0.1) is 11.4 Å². The number of halogens is 1. The second-order valence-corrected chi connectivity index (χ2v) is 6.89. The molecule has 2 N–H and O–H groups in total. The molecule has 0 heterocycles. The Balaban J connectivity index is 1.98.